The maximum Gasteiger partial charge on any atom is 0.234 e. The van der Waals surface area contributed by atoms with Gasteiger partial charge in [0.15, 0.2) is 10.9 Å². The van der Waals surface area contributed by atoms with E-state index < -0.39 is 0 Å². The molecule has 0 spiro atoms. The second kappa shape index (κ2) is 9.09. The molecule has 3 rings (SSSR count). The largest absolute Gasteiger partial charge is 0.494 e. The monoisotopic (exact) mass is 384 g/mol. The summed E-state index contributed by atoms with van der Waals surface area (Å²) in [7, 11) is 0. The fraction of sp³-hybridized carbons (Fsp3) is 0.211. The molecule has 1 amide bonds. The molecule has 0 aliphatic heterocycles. The number of hydrogen-bond donors (Lipinski definition) is 1. The van der Waals surface area contributed by atoms with E-state index in [-0.39, 0.29) is 11.7 Å². The second-order valence-electron chi connectivity index (χ2n) is 5.48. The van der Waals surface area contributed by atoms with Crippen molar-refractivity contribution in [1.82, 2.24) is 14.8 Å². The molecule has 27 heavy (non-hydrogen) atoms. The zero-order chi connectivity index (χ0) is 19.1. The minimum Gasteiger partial charge on any atom is -0.494 e. The molecule has 0 fully saturated rings. The van der Waals surface area contributed by atoms with Crippen molar-refractivity contribution in [1.29, 1.82) is 0 Å². The van der Waals surface area contributed by atoms with Gasteiger partial charge in [0.2, 0.25) is 11.7 Å². The number of allylic oxidation sites excluding steroid dienone is 1. The predicted octanol–water partition coefficient (Wildman–Crippen LogP) is 3.85. The smallest absolute Gasteiger partial charge is 0.234 e. The average molecular weight is 384 g/mol. The van der Waals surface area contributed by atoms with Gasteiger partial charge in [0.05, 0.1) is 18.6 Å². The third-order valence-electron chi connectivity index (χ3n) is 3.55. The summed E-state index contributed by atoms with van der Waals surface area (Å²) in [4.78, 5) is 12.2. The molecule has 1 N–H and O–H groups in total. The number of carbonyl (C=O) groups excluding carboxylic acids is 1. The van der Waals surface area contributed by atoms with E-state index in [0.29, 0.717) is 35.6 Å². The lowest BCUT2D eigenvalue weighted by atomic mass is 10.3. The Kier molecular flexibility index (Phi) is 6.32. The maximum absolute atomic E-state index is 12.2. The van der Waals surface area contributed by atoms with Crippen LogP contribution in [0.15, 0.2) is 64.9 Å². The quantitative estimate of drug-likeness (QED) is 0.446. The summed E-state index contributed by atoms with van der Waals surface area (Å²) >= 11 is 1.31. The van der Waals surface area contributed by atoms with E-state index in [1.807, 2.05) is 41.8 Å². The molecule has 3 aromatic rings. The lowest BCUT2D eigenvalue weighted by Gasteiger charge is -2.08. The molecule has 0 radical (unpaired) electrons. The Bertz CT molecular complexity index is 888. The number of carbonyl (C=O) groups is 1. The highest BCUT2D eigenvalue weighted by Gasteiger charge is 2.16. The van der Waals surface area contributed by atoms with E-state index in [4.69, 9.17) is 9.15 Å². The van der Waals surface area contributed by atoms with Crippen LogP contribution >= 0.6 is 11.8 Å². The van der Waals surface area contributed by atoms with Crippen molar-refractivity contribution in [3.05, 3.63) is 55.3 Å². The Morgan fingerprint density at radius 2 is 2.15 bits per heavy atom. The lowest BCUT2D eigenvalue weighted by molar-refractivity contribution is -0.113. The van der Waals surface area contributed by atoms with Crippen molar-refractivity contribution >= 4 is 23.4 Å². The van der Waals surface area contributed by atoms with Crippen LogP contribution in [0.2, 0.25) is 0 Å². The van der Waals surface area contributed by atoms with Crippen molar-refractivity contribution in [2.75, 3.05) is 17.7 Å². The molecule has 0 saturated carbocycles. The number of thioether (sulfide) groups is 1. The van der Waals surface area contributed by atoms with Gasteiger partial charge in [-0.15, -0.1) is 16.8 Å². The normalized spacial score (nSPS) is 10.6. The third-order valence-corrected chi connectivity index (χ3v) is 4.52. The number of nitrogens with zero attached hydrogens (tertiary/aromatic N) is 3. The predicted molar refractivity (Wildman–Crippen MR) is 105 cm³/mol. The van der Waals surface area contributed by atoms with E-state index in [2.05, 4.69) is 22.1 Å². The third kappa shape index (κ3) is 4.79. The molecule has 0 aliphatic carbocycles. The molecule has 140 valence electrons. The molecule has 7 nitrogen and oxygen atoms in total. The highest BCUT2D eigenvalue weighted by Crippen LogP contribution is 2.24. The molecule has 8 heteroatoms. The van der Waals surface area contributed by atoms with Crippen LogP contribution in [0.1, 0.15) is 6.92 Å². The van der Waals surface area contributed by atoms with Gasteiger partial charge in [-0.2, -0.15) is 0 Å². The maximum atomic E-state index is 12.2. The van der Waals surface area contributed by atoms with Gasteiger partial charge in [0.25, 0.3) is 0 Å². The first-order valence-corrected chi connectivity index (χ1v) is 9.43. The summed E-state index contributed by atoms with van der Waals surface area (Å²) in [5.74, 6) is 2.08. The number of rotatable bonds is 9. The van der Waals surface area contributed by atoms with Crippen LogP contribution in [0.3, 0.4) is 0 Å². The van der Waals surface area contributed by atoms with Gasteiger partial charge in [-0.25, -0.2) is 0 Å². The molecule has 0 saturated heterocycles. The summed E-state index contributed by atoms with van der Waals surface area (Å²) in [6.45, 7) is 6.82. The molecular formula is C19H20N4O3S. The fourth-order valence-electron chi connectivity index (χ4n) is 2.41. The molecule has 2 aromatic heterocycles. The van der Waals surface area contributed by atoms with Gasteiger partial charge in [-0.3, -0.25) is 9.36 Å². The van der Waals surface area contributed by atoms with Crippen molar-refractivity contribution in [2.45, 2.75) is 18.6 Å². The molecule has 0 unspecified atom stereocenters. The van der Waals surface area contributed by atoms with Gasteiger partial charge in [0, 0.05) is 12.2 Å². The van der Waals surface area contributed by atoms with E-state index in [1.165, 1.54) is 11.8 Å². The Labute approximate surface area is 161 Å². The van der Waals surface area contributed by atoms with Crippen LogP contribution in [0.25, 0.3) is 11.6 Å². The highest BCUT2D eigenvalue weighted by atomic mass is 32.2. The minimum absolute atomic E-state index is 0.128. The molecule has 2 heterocycles. The summed E-state index contributed by atoms with van der Waals surface area (Å²) in [6.07, 6.45) is 3.33. The second-order valence-corrected chi connectivity index (χ2v) is 6.42. The van der Waals surface area contributed by atoms with Gasteiger partial charge >= 0.3 is 0 Å². The highest BCUT2D eigenvalue weighted by molar-refractivity contribution is 7.99. The van der Waals surface area contributed by atoms with E-state index in [0.717, 1.165) is 5.75 Å². The van der Waals surface area contributed by atoms with Crippen LogP contribution in [0, 0.1) is 0 Å². The minimum atomic E-state index is -0.128. The van der Waals surface area contributed by atoms with Gasteiger partial charge in [0.1, 0.15) is 5.75 Å². The zero-order valence-electron chi connectivity index (χ0n) is 14.9. The Morgan fingerprint density at radius 3 is 2.81 bits per heavy atom. The van der Waals surface area contributed by atoms with Gasteiger partial charge in [-0.1, -0.05) is 17.8 Å². The van der Waals surface area contributed by atoms with Crippen LogP contribution in [-0.2, 0) is 11.3 Å². The molecule has 0 aliphatic rings. The first-order valence-electron chi connectivity index (χ1n) is 8.44. The standard InChI is InChI=1S/C19H20N4O3S/c1-3-11-23-18(16-6-5-12-26-16)21-22-19(23)27-13-17(24)20-14-7-9-15(10-8-14)25-4-2/h3,5-10,12H,1,4,11,13H2,2H3,(H,20,24). The number of ether oxygens (including phenoxy) is 1. The average Bonchev–Trinajstić information content (AvgIpc) is 3.32. The number of furan rings is 1. The number of amides is 1. The Hall–Kier alpha value is -3.00. The number of benzene rings is 1. The number of aromatic nitrogens is 3. The first kappa shape index (κ1) is 18.8. The summed E-state index contributed by atoms with van der Waals surface area (Å²) in [5, 5.41) is 11.8. The summed E-state index contributed by atoms with van der Waals surface area (Å²) < 4.78 is 12.6. The molecule has 0 bridgehead atoms. The van der Waals surface area contributed by atoms with E-state index in [9.17, 15) is 4.79 Å². The van der Waals surface area contributed by atoms with Crippen molar-refractivity contribution < 1.29 is 13.9 Å². The number of nitrogens with one attached hydrogen (secondary N) is 1. The van der Waals surface area contributed by atoms with Crippen LogP contribution < -0.4 is 10.1 Å². The van der Waals surface area contributed by atoms with E-state index >= 15 is 0 Å². The van der Waals surface area contributed by atoms with Crippen molar-refractivity contribution in [3.63, 3.8) is 0 Å². The van der Waals surface area contributed by atoms with Crippen LogP contribution in [0.4, 0.5) is 5.69 Å². The van der Waals surface area contributed by atoms with Gasteiger partial charge < -0.3 is 14.5 Å². The summed E-state index contributed by atoms with van der Waals surface area (Å²) in [5.41, 5.74) is 0.716. The summed E-state index contributed by atoms with van der Waals surface area (Å²) in [6, 6.07) is 10.9. The number of anilines is 1. The van der Waals surface area contributed by atoms with E-state index in [1.54, 1.807) is 18.4 Å². The Balaban J connectivity index is 1.62. The topological polar surface area (TPSA) is 82.2 Å². The SMILES string of the molecule is C=CCn1c(SCC(=O)Nc2ccc(OCC)cc2)nnc1-c1ccco1. The van der Waals surface area contributed by atoms with Crippen molar-refractivity contribution in [3.8, 4) is 17.3 Å². The number of hydrogen-bond acceptors (Lipinski definition) is 6. The van der Waals surface area contributed by atoms with Crippen LogP contribution in [0.5, 0.6) is 5.75 Å². The van der Waals surface area contributed by atoms with Gasteiger partial charge in [-0.05, 0) is 43.3 Å². The molecule has 0 atom stereocenters. The zero-order valence-corrected chi connectivity index (χ0v) is 15.7. The van der Waals surface area contributed by atoms with Crippen molar-refractivity contribution in [2.24, 2.45) is 0 Å². The fourth-order valence-corrected chi connectivity index (χ4v) is 3.15. The molecular weight excluding hydrogens is 364 g/mol. The first-order chi connectivity index (χ1) is 13.2. The van der Waals surface area contributed by atoms with Crippen LogP contribution in [-0.4, -0.2) is 33.0 Å². The Morgan fingerprint density at radius 1 is 1.33 bits per heavy atom. The molecule has 1 aromatic carbocycles. The lowest BCUT2D eigenvalue weighted by Crippen LogP contribution is -2.14.